The van der Waals surface area contributed by atoms with Gasteiger partial charge in [-0.1, -0.05) is 6.07 Å². The molecule has 0 saturated heterocycles. The highest BCUT2D eigenvalue weighted by Gasteiger charge is 2.17. The lowest BCUT2D eigenvalue weighted by Gasteiger charge is -2.24. The zero-order valence-corrected chi connectivity index (χ0v) is 9.30. The predicted octanol–water partition coefficient (Wildman–Crippen LogP) is 2.20. The molecule has 0 aromatic heterocycles. The summed E-state index contributed by atoms with van der Waals surface area (Å²) in [5.74, 6) is -0.225. The Kier molecular flexibility index (Phi) is 3.45. The normalized spacial score (nSPS) is 11.2. The Morgan fingerprint density at radius 3 is 2.67 bits per heavy atom. The van der Waals surface area contributed by atoms with Crippen molar-refractivity contribution in [1.82, 2.24) is 5.32 Å². The van der Waals surface area contributed by atoms with Gasteiger partial charge in [0.15, 0.2) is 0 Å². The lowest BCUT2D eigenvalue weighted by Crippen LogP contribution is -2.40. The number of nitrogens with one attached hydrogen (secondary N) is 1. The zero-order chi connectivity index (χ0) is 11.5. The number of benzene rings is 1. The number of amides is 1. The van der Waals surface area contributed by atoms with Crippen LogP contribution in [0.15, 0.2) is 18.2 Å². The number of carbonyl (C=O) groups is 1. The number of hydrogen-bond acceptors (Lipinski definition) is 1. The summed E-state index contributed by atoms with van der Waals surface area (Å²) in [5, 5.41) is 2.74. The first-order valence-electron chi connectivity index (χ1n) is 4.91. The van der Waals surface area contributed by atoms with Gasteiger partial charge < -0.3 is 5.32 Å². The zero-order valence-electron chi connectivity index (χ0n) is 9.30. The Morgan fingerprint density at radius 2 is 2.13 bits per heavy atom. The Bertz CT molecular complexity index is 361. The summed E-state index contributed by atoms with van der Waals surface area (Å²) < 4.78 is 12.9. The molecule has 0 atom stereocenters. The van der Waals surface area contributed by atoms with Crippen molar-refractivity contribution >= 4 is 6.41 Å². The molecule has 1 N–H and O–H groups in total. The Balaban J connectivity index is 2.84. The van der Waals surface area contributed by atoms with Gasteiger partial charge in [0.2, 0.25) is 6.41 Å². The first-order chi connectivity index (χ1) is 6.94. The SMILES string of the molecule is Cc1cc(F)ccc1CC(C)(C)NC=O. The lowest BCUT2D eigenvalue weighted by atomic mass is 9.92. The summed E-state index contributed by atoms with van der Waals surface area (Å²) in [6, 6.07) is 4.71. The smallest absolute Gasteiger partial charge is 0.207 e. The summed E-state index contributed by atoms with van der Waals surface area (Å²) in [6.45, 7) is 5.74. The molecule has 0 fully saturated rings. The summed E-state index contributed by atoms with van der Waals surface area (Å²) in [5.41, 5.74) is 1.66. The molecule has 0 aliphatic rings. The van der Waals surface area contributed by atoms with Crippen LogP contribution in [-0.2, 0) is 11.2 Å². The quantitative estimate of drug-likeness (QED) is 0.757. The lowest BCUT2D eigenvalue weighted by molar-refractivity contribution is -0.110. The molecule has 82 valence electrons. The van der Waals surface area contributed by atoms with Gasteiger partial charge in [0.25, 0.3) is 0 Å². The maximum Gasteiger partial charge on any atom is 0.207 e. The number of aryl methyl sites for hydroxylation is 1. The molecule has 1 aromatic carbocycles. The van der Waals surface area contributed by atoms with Crippen molar-refractivity contribution in [2.75, 3.05) is 0 Å². The van der Waals surface area contributed by atoms with Crippen LogP contribution < -0.4 is 5.32 Å². The van der Waals surface area contributed by atoms with Crippen LogP contribution in [0.2, 0.25) is 0 Å². The third-order valence-corrected chi connectivity index (χ3v) is 2.39. The van der Waals surface area contributed by atoms with Crippen LogP contribution in [0.25, 0.3) is 0 Å². The van der Waals surface area contributed by atoms with Gasteiger partial charge in [-0.2, -0.15) is 0 Å². The minimum absolute atomic E-state index is 0.225. The third kappa shape index (κ3) is 3.35. The fourth-order valence-corrected chi connectivity index (χ4v) is 1.54. The third-order valence-electron chi connectivity index (χ3n) is 2.39. The average Bonchev–Trinajstić information content (AvgIpc) is 2.09. The van der Waals surface area contributed by atoms with Crippen molar-refractivity contribution < 1.29 is 9.18 Å². The minimum atomic E-state index is -0.301. The molecule has 0 heterocycles. The first-order valence-corrected chi connectivity index (χ1v) is 4.91. The van der Waals surface area contributed by atoms with Crippen molar-refractivity contribution in [2.45, 2.75) is 32.7 Å². The highest BCUT2D eigenvalue weighted by molar-refractivity contribution is 5.48. The van der Waals surface area contributed by atoms with E-state index in [2.05, 4.69) is 5.32 Å². The molecule has 0 aliphatic heterocycles. The molecular formula is C12H16FNO. The second-order valence-corrected chi connectivity index (χ2v) is 4.39. The van der Waals surface area contributed by atoms with Gasteiger partial charge >= 0.3 is 0 Å². The van der Waals surface area contributed by atoms with E-state index < -0.39 is 0 Å². The summed E-state index contributed by atoms with van der Waals surface area (Å²) >= 11 is 0. The fourth-order valence-electron chi connectivity index (χ4n) is 1.54. The van der Waals surface area contributed by atoms with E-state index in [4.69, 9.17) is 0 Å². The molecular weight excluding hydrogens is 193 g/mol. The molecule has 0 unspecified atom stereocenters. The standard InChI is InChI=1S/C12H16FNO/c1-9-6-11(13)5-4-10(9)7-12(2,3)14-8-15/h4-6,8H,7H2,1-3H3,(H,14,15). The Morgan fingerprint density at radius 1 is 1.47 bits per heavy atom. The summed E-state index contributed by atoms with van der Waals surface area (Å²) in [4.78, 5) is 10.4. The second-order valence-electron chi connectivity index (χ2n) is 4.39. The number of rotatable bonds is 4. The first kappa shape index (κ1) is 11.7. The van der Waals surface area contributed by atoms with Crippen molar-refractivity contribution in [3.05, 3.63) is 35.1 Å². The molecule has 1 amide bonds. The van der Waals surface area contributed by atoms with E-state index >= 15 is 0 Å². The highest BCUT2D eigenvalue weighted by atomic mass is 19.1. The molecule has 0 saturated carbocycles. The summed E-state index contributed by atoms with van der Waals surface area (Å²) in [7, 11) is 0. The second kappa shape index (κ2) is 4.43. The molecule has 0 bridgehead atoms. The van der Waals surface area contributed by atoms with E-state index in [0.29, 0.717) is 12.8 Å². The van der Waals surface area contributed by atoms with Gasteiger partial charge in [0.05, 0.1) is 0 Å². The molecule has 0 radical (unpaired) electrons. The minimum Gasteiger partial charge on any atom is -0.353 e. The molecule has 15 heavy (non-hydrogen) atoms. The van der Waals surface area contributed by atoms with E-state index in [1.165, 1.54) is 12.1 Å². The van der Waals surface area contributed by atoms with Crippen molar-refractivity contribution in [3.8, 4) is 0 Å². The molecule has 1 aromatic rings. The van der Waals surface area contributed by atoms with Crippen molar-refractivity contribution in [3.63, 3.8) is 0 Å². The Hall–Kier alpha value is -1.38. The molecule has 0 aliphatic carbocycles. The van der Waals surface area contributed by atoms with E-state index in [1.807, 2.05) is 20.8 Å². The van der Waals surface area contributed by atoms with Crippen LogP contribution in [0.3, 0.4) is 0 Å². The molecule has 3 heteroatoms. The van der Waals surface area contributed by atoms with Crippen LogP contribution in [0.5, 0.6) is 0 Å². The summed E-state index contributed by atoms with van der Waals surface area (Å²) in [6.07, 6.45) is 1.39. The van der Waals surface area contributed by atoms with E-state index in [-0.39, 0.29) is 11.4 Å². The van der Waals surface area contributed by atoms with Crippen LogP contribution in [0.1, 0.15) is 25.0 Å². The predicted molar refractivity (Wildman–Crippen MR) is 58.1 cm³/mol. The maximum atomic E-state index is 12.9. The molecule has 0 spiro atoms. The van der Waals surface area contributed by atoms with Crippen LogP contribution in [-0.4, -0.2) is 11.9 Å². The van der Waals surface area contributed by atoms with Gasteiger partial charge in [-0.25, -0.2) is 4.39 Å². The highest BCUT2D eigenvalue weighted by Crippen LogP contribution is 2.16. The van der Waals surface area contributed by atoms with Crippen molar-refractivity contribution in [1.29, 1.82) is 0 Å². The Labute approximate surface area is 89.5 Å². The van der Waals surface area contributed by atoms with Crippen molar-refractivity contribution in [2.24, 2.45) is 0 Å². The molecule has 2 nitrogen and oxygen atoms in total. The van der Waals surface area contributed by atoms with Gasteiger partial charge in [0, 0.05) is 5.54 Å². The van der Waals surface area contributed by atoms with E-state index in [9.17, 15) is 9.18 Å². The van der Waals surface area contributed by atoms with E-state index in [0.717, 1.165) is 11.1 Å². The topological polar surface area (TPSA) is 29.1 Å². The average molecular weight is 209 g/mol. The van der Waals surface area contributed by atoms with E-state index in [1.54, 1.807) is 6.07 Å². The monoisotopic (exact) mass is 209 g/mol. The van der Waals surface area contributed by atoms with Gasteiger partial charge in [-0.3, -0.25) is 4.79 Å². The van der Waals surface area contributed by atoms with Gasteiger partial charge in [-0.05, 0) is 50.5 Å². The van der Waals surface area contributed by atoms with Crippen LogP contribution >= 0.6 is 0 Å². The number of hydrogen-bond donors (Lipinski definition) is 1. The van der Waals surface area contributed by atoms with Crippen LogP contribution in [0.4, 0.5) is 4.39 Å². The van der Waals surface area contributed by atoms with Gasteiger partial charge in [-0.15, -0.1) is 0 Å². The van der Waals surface area contributed by atoms with Crippen LogP contribution in [0, 0.1) is 12.7 Å². The number of carbonyl (C=O) groups excluding carboxylic acids is 1. The maximum absolute atomic E-state index is 12.9. The molecule has 1 rings (SSSR count). The van der Waals surface area contributed by atoms with Gasteiger partial charge in [0.1, 0.15) is 5.82 Å². The number of halogens is 1. The largest absolute Gasteiger partial charge is 0.353 e. The fraction of sp³-hybridized carbons (Fsp3) is 0.417.